The number of sulfonamides is 1. The molecule has 3 rings (SSSR count). The fourth-order valence-corrected chi connectivity index (χ4v) is 4.93. The topological polar surface area (TPSA) is 84.9 Å². The number of amides is 1. The molecule has 1 heterocycles. The molecule has 1 aliphatic rings. The molecule has 9 heteroatoms. The minimum atomic E-state index is -3.61. The third-order valence-electron chi connectivity index (χ3n) is 4.70. The van der Waals surface area contributed by atoms with Crippen LogP contribution >= 0.6 is 11.6 Å². The van der Waals surface area contributed by atoms with Gasteiger partial charge in [-0.2, -0.15) is 4.31 Å². The molecule has 0 radical (unpaired) electrons. The lowest BCUT2D eigenvalue weighted by Gasteiger charge is -2.18. The number of hydrogen-bond acceptors (Lipinski definition) is 5. The number of nitrogens with zero attached hydrogens (tertiary/aromatic N) is 1. The Kier molecular flexibility index (Phi) is 7.59. The van der Waals surface area contributed by atoms with Crippen LogP contribution in [0.15, 0.2) is 47.4 Å². The number of hydrogen-bond donors (Lipinski definition) is 1. The fraction of sp³-hybridized carbons (Fsp3) is 0.318. The molecule has 0 aromatic heterocycles. The van der Waals surface area contributed by atoms with Crippen LogP contribution < -0.4 is 14.8 Å². The van der Waals surface area contributed by atoms with E-state index < -0.39 is 15.9 Å². The summed E-state index contributed by atoms with van der Waals surface area (Å²) in [5, 5.41) is 3.10. The predicted octanol–water partition coefficient (Wildman–Crippen LogP) is 4.18. The molecule has 0 bridgehead atoms. The Balaban J connectivity index is 1.74. The third-order valence-corrected chi connectivity index (χ3v) is 7.02. The molecular formula is C22H25ClN2O5S. The third kappa shape index (κ3) is 5.58. The lowest BCUT2D eigenvalue weighted by Crippen LogP contribution is -2.30. The van der Waals surface area contributed by atoms with Gasteiger partial charge in [0.1, 0.15) is 0 Å². The van der Waals surface area contributed by atoms with E-state index in [9.17, 15) is 13.2 Å². The van der Waals surface area contributed by atoms with Crippen molar-refractivity contribution in [1.29, 1.82) is 0 Å². The number of ether oxygens (including phenoxy) is 2. The zero-order valence-corrected chi connectivity index (χ0v) is 19.0. The summed E-state index contributed by atoms with van der Waals surface area (Å²) >= 11 is 6.27. The molecular weight excluding hydrogens is 440 g/mol. The highest BCUT2D eigenvalue weighted by Crippen LogP contribution is 2.38. The van der Waals surface area contributed by atoms with Gasteiger partial charge >= 0.3 is 0 Å². The van der Waals surface area contributed by atoms with Crippen LogP contribution in [0, 0.1) is 0 Å². The van der Waals surface area contributed by atoms with Crippen LogP contribution in [0.2, 0.25) is 5.02 Å². The maximum Gasteiger partial charge on any atom is 0.248 e. The van der Waals surface area contributed by atoms with E-state index in [1.807, 2.05) is 0 Å². The summed E-state index contributed by atoms with van der Waals surface area (Å²) in [6.45, 7) is 5.37. The number of fused-ring (bicyclic) bond motifs is 1. The van der Waals surface area contributed by atoms with Crippen molar-refractivity contribution in [1.82, 2.24) is 4.31 Å². The highest BCUT2D eigenvalue weighted by atomic mass is 35.5. The van der Waals surface area contributed by atoms with Crippen molar-refractivity contribution >= 4 is 39.3 Å². The average Bonchev–Trinajstić information content (AvgIpc) is 2.99. The van der Waals surface area contributed by atoms with Crippen LogP contribution in [-0.2, 0) is 14.8 Å². The monoisotopic (exact) mass is 464 g/mol. The number of carbonyl (C=O) groups is 1. The van der Waals surface area contributed by atoms with Crippen LogP contribution in [0.4, 0.5) is 5.69 Å². The van der Waals surface area contributed by atoms with Crippen LogP contribution in [0.1, 0.15) is 25.8 Å². The molecule has 0 aliphatic carbocycles. The van der Waals surface area contributed by atoms with Gasteiger partial charge in [-0.3, -0.25) is 4.79 Å². The molecule has 0 fully saturated rings. The molecule has 1 amide bonds. The highest BCUT2D eigenvalue weighted by molar-refractivity contribution is 7.89. The van der Waals surface area contributed by atoms with E-state index in [0.29, 0.717) is 54.1 Å². The SMILES string of the molecule is CCN(CC)S(=O)(=O)c1cccc(NC(=O)/C=C/c2cc(Cl)c3c(c2)OCCCO3)c1. The summed E-state index contributed by atoms with van der Waals surface area (Å²) in [6, 6.07) is 9.64. The molecule has 0 unspecified atom stereocenters. The number of carbonyl (C=O) groups excluding carboxylic acids is 1. The quantitative estimate of drug-likeness (QED) is 0.621. The number of nitrogens with one attached hydrogen (secondary N) is 1. The van der Waals surface area contributed by atoms with E-state index in [4.69, 9.17) is 21.1 Å². The van der Waals surface area contributed by atoms with Crippen LogP contribution in [-0.4, -0.2) is 44.9 Å². The highest BCUT2D eigenvalue weighted by Gasteiger charge is 2.21. The first-order valence-corrected chi connectivity index (χ1v) is 11.9. The van der Waals surface area contributed by atoms with E-state index in [1.54, 1.807) is 44.2 Å². The Morgan fingerprint density at radius 3 is 2.65 bits per heavy atom. The normalized spacial score (nSPS) is 13.9. The molecule has 0 saturated carbocycles. The van der Waals surface area contributed by atoms with Crippen LogP contribution in [0.25, 0.3) is 6.08 Å². The van der Waals surface area contributed by atoms with Crippen LogP contribution in [0.3, 0.4) is 0 Å². The van der Waals surface area contributed by atoms with Crippen molar-refractivity contribution in [2.45, 2.75) is 25.2 Å². The van der Waals surface area contributed by atoms with Gasteiger partial charge in [-0.05, 0) is 42.0 Å². The molecule has 2 aromatic carbocycles. The second-order valence-electron chi connectivity index (χ2n) is 6.82. The first-order chi connectivity index (χ1) is 14.8. The fourth-order valence-electron chi connectivity index (χ4n) is 3.15. The number of halogens is 1. The second kappa shape index (κ2) is 10.2. The maximum absolute atomic E-state index is 12.7. The molecule has 1 N–H and O–H groups in total. The van der Waals surface area contributed by atoms with Gasteiger partial charge in [-0.15, -0.1) is 0 Å². The summed E-state index contributed by atoms with van der Waals surface area (Å²) in [7, 11) is -3.61. The summed E-state index contributed by atoms with van der Waals surface area (Å²) < 4.78 is 38.0. The standard InChI is InChI=1S/C22H25ClN2O5S/c1-3-25(4-2)31(27,28)18-8-5-7-17(15-18)24-21(26)10-9-16-13-19(23)22-20(14-16)29-11-6-12-30-22/h5,7-10,13-15H,3-4,6,11-12H2,1-2H3,(H,24,26)/b10-9+. The smallest absolute Gasteiger partial charge is 0.248 e. The number of anilines is 1. The number of benzene rings is 2. The van der Waals surface area contributed by atoms with E-state index >= 15 is 0 Å². The second-order valence-corrected chi connectivity index (χ2v) is 9.17. The lowest BCUT2D eigenvalue weighted by atomic mass is 10.2. The number of rotatable bonds is 7. The molecule has 166 valence electrons. The van der Waals surface area contributed by atoms with E-state index in [-0.39, 0.29) is 4.90 Å². The molecule has 0 spiro atoms. The maximum atomic E-state index is 12.7. The van der Waals surface area contributed by atoms with Crippen molar-refractivity contribution in [3.05, 3.63) is 53.1 Å². The molecule has 1 aliphatic heterocycles. The van der Waals surface area contributed by atoms with Gasteiger partial charge in [0.25, 0.3) is 0 Å². The van der Waals surface area contributed by atoms with Crippen molar-refractivity contribution < 1.29 is 22.7 Å². The summed E-state index contributed by atoms with van der Waals surface area (Å²) in [4.78, 5) is 12.5. The minimum Gasteiger partial charge on any atom is -0.489 e. The van der Waals surface area contributed by atoms with Gasteiger partial charge in [-0.25, -0.2) is 8.42 Å². The van der Waals surface area contributed by atoms with Crippen LogP contribution in [0.5, 0.6) is 11.5 Å². The van der Waals surface area contributed by atoms with Crippen molar-refractivity contribution in [2.24, 2.45) is 0 Å². The van der Waals surface area contributed by atoms with E-state index in [0.717, 1.165) is 6.42 Å². The Labute approximate surface area is 187 Å². The Morgan fingerprint density at radius 2 is 1.90 bits per heavy atom. The van der Waals surface area contributed by atoms with E-state index in [2.05, 4.69) is 5.32 Å². The van der Waals surface area contributed by atoms with Crippen molar-refractivity contribution in [3.63, 3.8) is 0 Å². The lowest BCUT2D eigenvalue weighted by molar-refractivity contribution is -0.111. The average molecular weight is 465 g/mol. The molecule has 0 atom stereocenters. The zero-order valence-electron chi connectivity index (χ0n) is 17.4. The summed E-state index contributed by atoms with van der Waals surface area (Å²) in [5.41, 5.74) is 1.07. The van der Waals surface area contributed by atoms with Gasteiger partial charge in [0.2, 0.25) is 15.9 Å². The van der Waals surface area contributed by atoms with E-state index in [1.165, 1.54) is 22.5 Å². The van der Waals surface area contributed by atoms with Gasteiger partial charge in [-0.1, -0.05) is 31.5 Å². The van der Waals surface area contributed by atoms with Gasteiger partial charge in [0.05, 0.1) is 23.1 Å². The molecule has 7 nitrogen and oxygen atoms in total. The summed E-state index contributed by atoms with van der Waals surface area (Å²) in [5.74, 6) is 0.645. The Bertz CT molecular complexity index is 1080. The van der Waals surface area contributed by atoms with Crippen molar-refractivity contribution in [2.75, 3.05) is 31.6 Å². The minimum absolute atomic E-state index is 0.132. The Morgan fingerprint density at radius 1 is 1.16 bits per heavy atom. The molecule has 31 heavy (non-hydrogen) atoms. The van der Waals surface area contributed by atoms with Gasteiger partial charge < -0.3 is 14.8 Å². The molecule has 0 saturated heterocycles. The zero-order chi connectivity index (χ0) is 22.4. The summed E-state index contributed by atoms with van der Waals surface area (Å²) in [6.07, 6.45) is 3.72. The van der Waals surface area contributed by atoms with Crippen molar-refractivity contribution in [3.8, 4) is 11.5 Å². The Hall–Kier alpha value is -2.55. The first kappa shape index (κ1) is 23.1. The largest absolute Gasteiger partial charge is 0.489 e. The first-order valence-electron chi connectivity index (χ1n) is 10.0. The van der Waals surface area contributed by atoms with Gasteiger partial charge in [0, 0.05) is 31.3 Å². The molecule has 2 aromatic rings. The predicted molar refractivity (Wildman–Crippen MR) is 121 cm³/mol. The van der Waals surface area contributed by atoms with Gasteiger partial charge in [0.15, 0.2) is 11.5 Å².